The van der Waals surface area contributed by atoms with Crippen LogP contribution in [0, 0.1) is 0 Å². The molecular formula is C21H16Cl4N2O4S. The third-order valence-electron chi connectivity index (χ3n) is 4.09. The minimum Gasteiger partial charge on any atom is -0.494 e. The normalized spacial score (nSPS) is 11.2. The van der Waals surface area contributed by atoms with E-state index in [9.17, 15) is 13.2 Å². The van der Waals surface area contributed by atoms with Crippen molar-refractivity contribution >= 4 is 73.7 Å². The summed E-state index contributed by atoms with van der Waals surface area (Å²) in [5.41, 5.74) is 0.508. The molecule has 3 rings (SSSR count). The number of rotatable bonds is 7. The molecule has 0 aliphatic rings. The van der Waals surface area contributed by atoms with Crippen molar-refractivity contribution in [2.24, 2.45) is 0 Å². The number of sulfonamides is 1. The topological polar surface area (TPSA) is 84.5 Å². The van der Waals surface area contributed by atoms with E-state index < -0.39 is 15.9 Å². The lowest BCUT2D eigenvalue weighted by atomic mass is 10.2. The van der Waals surface area contributed by atoms with E-state index in [2.05, 4.69) is 10.0 Å². The van der Waals surface area contributed by atoms with Gasteiger partial charge in [-0.05, 0) is 61.5 Å². The van der Waals surface area contributed by atoms with E-state index in [1.807, 2.05) is 6.92 Å². The van der Waals surface area contributed by atoms with Crippen molar-refractivity contribution in [1.82, 2.24) is 0 Å². The summed E-state index contributed by atoms with van der Waals surface area (Å²) in [4.78, 5) is 12.4. The zero-order valence-corrected chi connectivity index (χ0v) is 20.3. The minimum atomic E-state index is -4.13. The maximum absolute atomic E-state index is 12.9. The van der Waals surface area contributed by atoms with Crippen molar-refractivity contribution in [3.8, 4) is 5.75 Å². The van der Waals surface area contributed by atoms with Crippen molar-refractivity contribution in [3.63, 3.8) is 0 Å². The second kappa shape index (κ2) is 10.2. The zero-order chi connectivity index (χ0) is 23.5. The van der Waals surface area contributed by atoms with E-state index in [1.165, 1.54) is 24.3 Å². The van der Waals surface area contributed by atoms with Gasteiger partial charge in [0.25, 0.3) is 15.9 Å². The Labute approximate surface area is 205 Å². The Kier molecular flexibility index (Phi) is 7.79. The highest BCUT2D eigenvalue weighted by Gasteiger charge is 2.23. The summed E-state index contributed by atoms with van der Waals surface area (Å²) >= 11 is 24.2. The molecule has 0 spiro atoms. The SMILES string of the molecule is CCOc1ccc(NS(=O)(=O)c2cc(C(=O)Nc3cc(Cl)cc(Cl)c3)c(Cl)cc2Cl)cc1. The fraction of sp³-hybridized carbons (Fsp3) is 0.0952. The number of hydrogen-bond acceptors (Lipinski definition) is 4. The van der Waals surface area contributed by atoms with Gasteiger partial charge in [0.15, 0.2) is 0 Å². The first-order chi connectivity index (χ1) is 15.1. The van der Waals surface area contributed by atoms with Gasteiger partial charge in [-0.1, -0.05) is 46.4 Å². The molecule has 11 heteroatoms. The molecule has 0 aliphatic carbocycles. The highest BCUT2D eigenvalue weighted by Crippen LogP contribution is 2.31. The van der Waals surface area contributed by atoms with Crippen molar-refractivity contribution in [2.75, 3.05) is 16.6 Å². The lowest BCUT2D eigenvalue weighted by Gasteiger charge is -2.13. The van der Waals surface area contributed by atoms with E-state index in [4.69, 9.17) is 51.1 Å². The largest absolute Gasteiger partial charge is 0.494 e. The van der Waals surface area contributed by atoms with Crippen LogP contribution in [0.4, 0.5) is 11.4 Å². The number of amides is 1. The summed E-state index contributed by atoms with van der Waals surface area (Å²) < 4.78 is 33.6. The van der Waals surface area contributed by atoms with Gasteiger partial charge < -0.3 is 10.1 Å². The molecule has 1 amide bonds. The Hall–Kier alpha value is -2.16. The number of carbonyl (C=O) groups excluding carboxylic acids is 1. The van der Waals surface area contributed by atoms with Crippen LogP contribution in [-0.4, -0.2) is 20.9 Å². The number of halogens is 4. The molecule has 2 N–H and O–H groups in total. The standard InChI is InChI=1S/C21H16Cl4N2O4S/c1-2-31-16-5-3-14(4-6-16)27-32(29,30)20-10-17(18(24)11-19(20)25)21(28)26-15-8-12(22)7-13(23)9-15/h3-11,27H,2H2,1H3,(H,26,28). The highest BCUT2D eigenvalue weighted by atomic mass is 35.5. The van der Waals surface area contributed by atoms with Gasteiger partial charge in [-0.25, -0.2) is 8.42 Å². The van der Waals surface area contributed by atoms with Gasteiger partial charge in [-0.3, -0.25) is 9.52 Å². The van der Waals surface area contributed by atoms with Gasteiger partial charge in [-0.2, -0.15) is 0 Å². The molecule has 0 aromatic heterocycles. The van der Waals surface area contributed by atoms with Gasteiger partial charge in [0, 0.05) is 21.4 Å². The molecule has 3 aromatic carbocycles. The second-order valence-corrected chi connectivity index (χ2v) is 9.78. The average Bonchev–Trinajstić information content (AvgIpc) is 2.68. The van der Waals surface area contributed by atoms with Crippen molar-refractivity contribution < 1.29 is 17.9 Å². The van der Waals surface area contributed by atoms with Crippen LogP contribution in [0.3, 0.4) is 0 Å². The molecule has 3 aromatic rings. The Balaban J connectivity index is 1.90. The molecule has 0 saturated carbocycles. The number of carbonyl (C=O) groups is 1. The van der Waals surface area contributed by atoms with Gasteiger partial charge in [0.1, 0.15) is 10.6 Å². The monoisotopic (exact) mass is 532 g/mol. The molecule has 6 nitrogen and oxygen atoms in total. The Morgan fingerprint density at radius 2 is 1.50 bits per heavy atom. The number of ether oxygens (including phenoxy) is 1. The highest BCUT2D eigenvalue weighted by molar-refractivity contribution is 7.92. The average molecular weight is 534 g/mol. The first kappa shape index (κ1) is 24.5. The number of nitrogens with one attached hydrogen (secondary N) is 2. The Morgan fingerprint density at radius 3 is 2.09 bits per heavy atom. The quantitative estimate of drug-likeness (QED) is 0.351. The van der Waals surface area contributed by atoms with E-state index >= 15 is 0 Å². The summed E-state index contributed by atoms with van der Waals surface area (Å²) in [5, 5.41) is 3.05. The molecule has 0 bridgehead atoms. The predicted octanol–water partition coefficient (Wildman–Crippen LogP) is 6.75. The van der Waals surface area contributed by atoms with Crippen LogP contribution in [0.2, 0.25) is 20.1 Å². The summed E-state index contributed by atoms with van der Waals surface area (Å²) in [7, 11) is -4.13. The van der Waals surface area contributed by atoms with Crippen molar-refractivity contribution in [1.29, 1.82) is 0 Å². The summed E-state index contributed by atoms with van der Waals surface area (Å²) in [6, 6.07) is 13.1. The lowest BCUT2D eigenvalue weighted by Crippen LogP contribution is -2.17. The predicted molar refractivity (Wildman–Crippen MR) is 129 cm³/mol. The van der Waals surface area contributed by atoms with Gasteiger partial charge >= 0.3 is 0 Å². The van der Waals surface area contributed by atoms with Crippen LogP contribution < -0.4 is 14.8 Å². The molecule has 0 unspecified atom stereocenters. The van der Waals surface area contributed by atoms with Crippen LogP contribution in [0.1, 0.15) is 17.3 Å². The summed E-state index contributed by atoms with van der Waals surface area (Å²) in [6.07, 6.45) is 0. The van der Waals surface area contributed by atoms with Gasteiger partial charge in [-0.15, -0.1) is 0 Å². The molecule has 0 radical (unpaired) electrons. The van der Waals surface area contributed by atoms with Crippen LogP contribution in [0.15, 0.2) is 59.5 Å². The molecule has 32 heavy (non-hydrogen) atoms. The maximum atomic E-state index is 12.9. The molecule has 0 aliphatic heterocycles. The summed E-state index contributed by atoms with van der Waals surface area (Å²) in [5.74, 6) is -0.0671. The molecular weight excluding hydrogens is 518 g/mol. The third kappa shape index (κ3) is 5.99. The first-order valence-electron chi connectivity index (χ1n) is 9.11. The number of benzene rings is 3. The number of anilines is 2. The fourth-order valence-corrected chi connectivity index (χ4v) is 5.17. The van der Waals surface area contributed by atoms with Gasteiger partial charge in [0.2, 0.25) is 0 Å². The van der Waals surface area contributed by atoms with E-state index in [-0.39, 0.29) is 20.5 Å². The lowest BCUT2D eigenvalue weighted by molar-refractivity contribution is 0.102. The minimum absolute atomic E-state index is 0.0272. The molecule has 0 heterocycles. The van der Waals surface area contributed by atoms with Crippen LogP contribution >= 0.6 is 46.4 Å². The molecule has 168 valence electrons. The fourth-order valence-electron chi connectivity index (χ4n) is 2.73. The number of hydrogen-bond donors (Lipinski definition) is 2. The maximum Gasteiger partial charge on any atom is 0.263 e. The van der Waals surface area contributed by atoms with Crippen LogP contribution in [0.5, 0.6) is 5.75 Å². The molecule has 0 atom stereocenters. The van der Waals surface area contributed by atoms with Crippen LogP contribution in [0.25, 0.3) is 0 Å². The second-order valence-electron chi connectivity index (χ2n) is 6.44. The Bertz CT molecular complexity index is 1250. The molecule has 0 fully saturated rings. The third-order valence-corrected chi connectivity index (χ3v) is 6.69. The van der Waals surface area contributed by atoms with E-state index in [0.717, 1.165) is 6.07 Å². The van der Waals surface area contributed by atoms with E-state index in [1.54, 1.807) is 24.3 Å². The van der Waals surface area contributed by atoms with Crippen molar-refractivity contribution in [2.45, 2.75) is 11.8 Å². The summed E-state index contributed by atoms with van der Waals surface area (Å²) in [6.45, 7) is 2.32. The van der Waals surface area contributed by atoms with Crippen molar-refractivity contribution in [3.05, 3.63) is 80.3 Å². The smallest absolute Gasteiger partial charge is 0.263 e. The first-order valence-corrected chi connectivity index (χ1v) is 12.1. The van der Waals surface area contributed by atoms with Gasteiger partial charge in [0.05, 0.1) is 22.2 Å². The van der Waals surface area contributed by atoms with E-state index in [0.29, 0.717) is 33.8 Å². The van der Waals surface area contributed by atoms with Crippen LogP contribution in [-0.2, 0) is 10.0 Å². The Morgan fingerprint density at radius 1 is 0.875 bits per heavy atom. The zero-order valence-electron chi connectivity index (χ0n) is 16.5. The molecule has 0 saturated heterocycles.